The first-order valence-corrected chi connectivity index (χ1v) is 10.8. The van der Waals surface area contributed by atoms with Crippen LogP contribution < -0.4 is 4.31 Å². The number of halogens is 1. The monoisotopic (exact) mass is 415 g/mol. The molecule has 1 aliphatic heterocycles. The second-order valence-corrected chi connectivity index (χ2v) is 8.77. The number of tetrazole rings is 1. The van der Waals surface area contributed by atoms with Crippen molar-refractivity contribution in [3.63, 3.8) is 0 Å². The van der Waals surface area contributed by atoms with Crippen molar-refractivity contribution >= 4 is 21.5 Å². The van der Waals surface area contributed by atoms with Crippen LogP contribution in [0.25, 0.3) is 11.4 Å². The van der Waals surface area contributed by atoms with E-state index in [-0.39, 0.29) is 18.2 Å². The fraction of sp³-hybridized carbons (Fsp3) is 0.263. The minimum Gasteiger partial charge on any atom is -0.292 e. The second kappa shape index (κ2) is 7.36. The van der Waals surface area contributed by atoms with E-state index in [1.807, 2.05) is 0 Å². The van der Waals surface area contributed by atoms with E-state index in [1.54, 1.807) is 30.3 Å². The Hall–Kier alpha value is -3.14. The summed E-state index contributed by atoms with van der Waals surface area (Å²) in [5, 5.41) is 11.9. The number of anilines is 1. The number of hydrogen-bond donors (Lipinski definition) is 0. The summed E-state index contributed by atoms with van der Waals surface area (Å²) in [5.41, 5.74) is 2.35. The van der Waals surface area contributed by atoms with Crippen LogP contribution in [0.15, 0.2) is 42.5 Å². The first kappa shape index (κ1) is 19.2. The van der Waals surface area contributed by atoms with Crippen LogP contribution >= 0.6 is 0 Å². The van der Waals surface area contributed by atoms with Crippen molar-refractivity contribution in [2.24, 2.45) is 0 Å². The molecule has 0 spiro atoms. The zero-order valence-corrected chi connectivity index (χ0v) is 16.4. The number of aromatic nitrogens is 4. The van der Waals surface area contributed by atoms with Gasteiger partial charge in [-0.2, -0.15) is 4.80 Å². The number of ketones is 1. The quantitative estimate of drug-likeness (QED) is 0.592. The number of fused-ring (bicyclic) bond motifs is 1. The highest BCUT2D eigenvalue weighted by Crippen LogP contribution is 2.30. The van der Waals surface area contributed by atoms with Crippen molar-refractivity contribution in [1.82, 2.24) is 20.2 Å². The van der Waals surface area contributed by atoms with Gasteiger partial charge in [-0.1, -0.05) is 12.1 Å². The molecule has 0 fully saturated rings. The van der Waals surface area contributed by atoms with Crippen molar-refractivity contribution in [2.45, 2.75) is 19.4 Å². The van der Waals surface area contributed by atoms with Crippen LogP contribution in [-0.2, 0) is 23.0 Å². The van der Waals surface area contributed by atoms with Gasteiger partial charge in [-0.05, 0) is 54.0 Å². The molecule has 0 radical (unpaired) electrons. The number of rotatable bonds is 5. The van der Waals surface area contributed by atoms with E-state index < -0.39 is 15.8 Å². The highest BCUT2D eigenvalue weighted by Gasteiger charge is 2.24. The summed E-state index contributed by atoms with van der Waals surface area (Å²) in [6.07, 6.45) is 2.57. The normalized spacial score (nSPS) is 13.9. The number of nitrogens with zero attached hydrogens (tertiary/aromatic N) is 5. The van der Waals surface area contributed by atoms with Crippen molar-refractivity contribution in [3.05, 3.63) is 59.4 Å². The highest BCUT2D eigenvalue weighted by atomic mass is 32.2. The van der Waals surface area contributed by atoms with E-state index in [9.17, 15) is 17.6 Å². The van der Waals surface area contributed by atoms with Gasteiger partial charge in [-0.25, -0.2) is 12.8 Å². The van der Waals surface area contributed by atoms with Gasteiger partial charge in [0.15, 0.2) is 5.78 Å². The minimum atomic E-state index is -3.36. The molecule has 4 rings (SSSR count). The maximum absolute atomic E-state index is 13.4. The maximum atomic E-state index is 13.4. The van der Waals surface area contributed by atoms with Gasteiger partial charge in [-0.3, -0.25) is 9.10 Å². The molecule has 0 bridgehead atoms. The molecule has 29 heavy (non-hydrogen) atoms. The van der Waals surface area contributed by atoms with E-state index >= 15 is 0 Å². The highest BCUT2D eigenvalue weighted by molar-refractivity contribution is 7.92. The van der Waals surface area contributed by atoms with Crippen LogP contribution in [0.5, 0.6) is 0 Å². The third-order valence-corrected chi connectivity index (χ3v) is 5.88. The number of Topliss-reactive ketones (excluding diaryl/α,β-unsaturated/α-hetero) is 1. The minimum absolute atomic E-state index is 0.128. The number of sulfonamides is 1. The Morgan fingerprint density at radius 2 is 2.03 bits per heavy atom. The van der Waals surface area contributed by atoms with Gasteiger partial charge in [0.05, 0.1) is 11.9 Å². The lowest BCUT2D eigenvalue weighted by molar-refractivity contribution is 0.0961. The lowest BCUT2D eigenvalue weighted by atomic mass is 9.99. The summed E-state index contributed by atoms with van der Waals surface area (Å²) < 4.78 is 38.6. The Labute approximate surface area is 167 Å². The summed E-state index contributed by atoms with van der Waals surface area (Å²) in [5.74, 6) is -0.411. The van der Waals surface area contributed by atoms with Crippen LogP contribution in [0, 0.1) is 5.82 Å². The summed E-state index contributed by atoms with van der Waals surface area (Å²) in [6, 6.07) is 10.8. The van der Waals surface area contributed by atoms with E-state index in [4.69, 9.17) is 0 Å². The first-order valence-electron chi connectivity index (χ1n) is 8.99. The average Bonchev–Trinajstić information content (AvgIpc) is 3.15. The van der Waals surface area contributed by atoms with Crippen LogP contribution in [0.4, 0.5) is 10.1 Å². The molecule has 1 aromatic heterocycles. The van der Waals surface area contributed by atoms with Crippen molar-refractivity contribution in [2.75, 3.05) is 17.1 Å². The van der Waals surface area contributed by atoms with Crippen molar-refractivity contribution in [3.8, 4) is 11.4 Å². The molecule has 1 aliphatic rings. The van der Waals surface area contributed by atoms with Gasteiger partial charge in [-0.15, -0.1) is 10.2 Å². The SMILES string of the molecule is CS(=O)(=O)N1CCCc2cc(C(=O)Cn3nnc(-c4cccc(F)c4)n3)ccc21. The van der Waals surface area contributed by atoms with Gasteiger partial charge >= 0.3 is 0 Å². The summed E-state index contributed by atoms with van der Waals surface area (Å²) >= 11 is 0. The maximum Gasteiger partial charge on any atom is 0.232 e. The van der Waals surface area contributed by atoms with Crippen LogP contribution in [-0.4, -0.2) is 47.2 Å². The molecule has 10 heteroatoms. The topological polar surface area (TPSA) is 98.1 Å². The summed E-state index contributed by atoms with van der Waals surface area (Å²) in [7, 11) is -3.36. The first-order chi connectivity index (χ1) is 13.8. The van der Waals surface area contributed by atoms with Crippen molar-refractivity contribution < 1.29 is 17.6 Å². The van der Waals surface area contributed by atoms with Crippen LogP contribution in [0.3, 0.4) is 0 Å². The molecular weight excluding hydrogens is 397 g/mol. The van der Waals surface area contributed by atoms with E-state index in [1.165, 1.54) is 22.7 Å². The molecule has 0 aliphatic carbocycles. The molecule has 0 amide bonds. The second-order valence-electron chi connectivity index (χ2n) is 6.86. The number of hydrogen-bond acceptors (Lipinski definition) is 6. The Morgan fingerprint density at radius 1 is 1.21 bits per heavy atom. The Kier molecular flexibility index (Phi) is 4.87. The molecular formula is C19H18FN5O3S. The van der Waals surface area contributed by atoms with Gasteiger partial charge in [0.2, 0.25) is 15.8 Å². The van der Waals surface area contributed by atoms with Gasteiger partial charge < -0.3 is 0 Å². The fourth-order valence-electron chi connectivity index (χ4n) is 3.35. The number of carbonyl (C=O) groups excluding carboxylic acids is 1. The Bertz CT molecular complexity index is 1190. The Balaban J connectivity index is 1.54. The molecule has 0 N–H and O–H groups in total. The number of benzene rings is 2. The Morgan fingerprint density at radius 3 is 2.79 bits per heavy atom. The molecule has 0 atom stereocenters. The van der Waals surface area contributed by atoms with E-state index in [0.717, 1.165) is 10.4 Å². The molecule has 0 saturated carbocycles. The van der Waals surface area contributed by atoms with Crippen LogP contribution in [0.1, 0.15) is 22.3 Å². The van der Waals surface area contributed by atoms with Gasteiger partial charge in [0.1, 0.15) is 12.4 Å². The van der Waals surface area contributed by atoms with Crippen molar-refractivity contribution in [1.29, 1.82) is 0 Å². The molecule has 0 saturated heterocycles. The van der Waals surface area contributed by atoms with Gasteiger partial charge in [0.25, 0.3) is 0 Å². The fourth-order valence-corrected chi connectivity index (χ4v) is 4.35. The zero-order valence-electron chi connectivity index (χ0n) is 15.6. The molecule has 2 aromatic carbocycles. The van der Waals surface area contributed by atoms with Gasteiger partial charge in [0, 0.05) is 17.7 Å². The third-order valence-electron chi connectivity index (χ3n) is 4.70. The molecule has 2 heterocycles. The summed E-state index contributed by atoms with van der Waals surface area (Å²) in [4.78, 5) is 13.8. The zero-order chi connectivity index (χ0) is 20.6. The van der Waals surface area contributed by atoms with E-state index in [0.29, 0.717) is 36.2 Å². The molecule has 0 unspecified atom stereocenters. The third kappa shape index (κ3) is 4.02. The lowest BCUT2D eigenvalue weighted by Crippen LogP contribution is -2.34. The predicted molar refractivity (Wildman–Crippen MR) is 104 cm³/mol. The lowest BCUT2D eigenvalue weighted by Gasteiger charge is -2.29. The average molecular weight is 415 g/mol. The smallest absolute Gasteiger partial charge is 0.232 e. The predicted octanol–water partition coefficient (Wildman–Crippen LogP) is 2.07. The largest absolute Gasteiger partial charge is 0.292 e. The molecule has 150 valence electrons. The summed E-state index contributed by atoms with van der Waals surface area (Å²) in [6.45, 7) is 0.307. The molecule has 8 nitrogen and oxygen atoms in total. The number of aryl methyl sites for hydroxylation is 1. The van der Waals surface area contributed by atoms with E-state index in [2.05, 4.69) is 15.4 Å². The van der Waals surface area contributed by atoms with Crippen LogP contribution in [0.2, 0.25) is 0 Å². The standard InChI is InChI=1S/C19H18FN5O3S/c1-29(27,28)24-9-3-5-13-10-14(7-8-17(13)24)18(26)12-25-22-19(21-23-25)15-4-2-6-16(20)11-15/h2,4,6-8,10-11H,3,5,9,12H2,1H3. The molecule has 3 aromatic rings. The number of carbonyl (C=O) groups is 1.